The summed E-state index contributed by atoms with van der Waals surface area (Å²) in [6.45, 7) is 2.31. The molecule has 0 spiro atoms. The van der Waals surface area contributed by atoms with E-state index in [0.717, 1.165) is 12.7 Å². The highest BCUT2D eigenvalue weighted by molar-refractivity contribution is 7.45. The maximum atomic E-state index is 7.73. The fourth-order valence-corrected chi connectivity index (χ4v) is 3.12. The van der Waals surface area contributed by atoms with Gasteiger partial charge in [-0.15, -0.1) is 5.16 Å². The Morgan fingerprint density at radius 1 is 1.09 bits per heavy atom. The van der Waals surface area contributed by atoms with E-state index in [1.807, 2.05) is 0 Å². The Balaban J connectivity index is 2.31. The van der Waals surface area contributed by atoms with Crippen LogP contribution in [0.25, 0.3) is 0 Å². The highest BCUT2D eigenvalue weighted by atomic mass is 31.1. The predicted molar refractivity (Wildman–Crippen MR) is 54.5 cm³/mol. The number of nitrogens with one attached hydrogen (secondary N) is 1. The van der Waals surface area contributed by atoms with Gasteiger partial charge >= 0.3 is 0 Å². The van der Waals surface area contributed by atoms with Crippen LogP contribution < -0.4 is 0 Å². The van der Waals surface area contributed by atoms with Crippen molar-refractivity contribution in [2.45, 2.75) is 19.3 Å². The van der Waals surface area contributed by atoms with Crippen molar-refractivity contribution in [1.82, 2.24) is 4.67 Å². The van der Waals surface area contributed by atoms with E-state index < -0.39 is 0 Å². The van der Waals surface area contributed by atoms with Gasteiger partial charge in [0.25, 0.3) is 0 Å². The van der Waals surface area contributed by atoms with Crippen LogP contribution in [-0.4, -0.2) is 30.1 Å². The Hall–Kier alpha value is 0.490. The third-order valence-corrected chi connectivity index (χ3v) is 4.14. The lowest BCUT2D eigenvalue weighted by molar-refractivity contribution is 0.477. The van der Waals surface area contributed by atoms with E-state index in [0.29, 0.717) is 0 Å². The highest BCUT2D eigenvalue weighted by Crippen LogP contribution is 2.25. The lowest BCUT2D eigenvalue weighted by atomic mass is 10.2. The molecule has 0 aromatic carbocycles. The molecule has 0 saturated carbocycles. The molecule has 0 aromatic rings. The van der Waals surface area contributed by atoms with Crippen LogP contribution in [0.5, 0.6) is 0 Å². The van der Waals surface area contributed by atoms with Crippen molar-refractivity contribution in [3.05, 3.63) is 0 Å². The van der Waals surface area contributed by atoms with Crippen molar-refractivity contribution < 1.29 is 0 Å². The van der Waals surface area contributed by atoms with Crippen LogP contribution in [0.1, 0.15) is 19.3 Å². The first kappa shape index (κ1) is 9.58. The highest BCUT2D eigenvalue weighted by Gasteiger charge is 2.13. The lowest BCUT2D eigenvalue weighted by Crippen LogP contribution is -2.15. The van der Waals surface area contributed by atoms with Gasteiger partial charge < -0.3 is 0 Å². The molecule has 0 aliphatic carbocycles. The normalized spacial score (nSPS) is 27.2. The van der Waals surface area contributed by atoms with Crippen LogP contribution in [0.4, 0.5) is 0 Å². The predicted octanol–water partition coefficient (Wildman–Crippen LogP) is 2.51. The molecule has 64 valence electrons. The number of nitrogens with zero attached hydrogens (tertiary/aromatic N) is 1. The van der Waals surface area contributed by atoms with Gasteiger partial charge in [0.2, 0.25) is 0 Å². The van der Waals surface area contributed by atoms with Crippen LogP contribution in [0.15, 0.2) is 0 Å². The Morgan fingerprint density at radius 2 is 1.91 bits per heavy atom. The van der Waals surface area contributed by atoms with Crippen LogP contribution in [-0.2, 0) is 0 Å². The van der Waals surface area contributed by atoms with E-state index in [9.17, 15) is 0 Å². The minimum Gasteiger partial charge on any atom is -0.283 e. The molecule has 2 nitrogen and oxygen atoms in total. The molecule has 0 bridgehead atoms. The fraction of sp³-hybridized carbons (Fsp3) is 1.00. The van der Waals surface area contributed by atoms with Crippen molar-refractivity contribution in [2.75, 3.05) is 25.4 Å². The zero-order valence-electron chi connectivity index (χ0n) is 6.92. The van der Waals surface area contributed by atoms with Gasteiger partial charge in [-0.1, -0.05) is 9.39 Å². The van der Waals surface area contributed by atoms with E-state index in [4.69, 9.17) is 5.16 Å². The van der Waals surface area contributed by atoms with Gasteiger partial charge in [-0.05, 0) is 19.3 Å². The molecule has 4 heteroatoms. The molecule has 1 aliphatic rings. The minimum atomic E-state index is -0.384. The number of hydrogen-bond donors (Lipinski definition) is 1. The van der Waals surface area contributed by atoms with Gasteiger partial charge in [0.05, 0.1) is 0 Å². The Morgan fingerprint density at radius 3 is 2.73 bits per heavy atom. The molecule has 11 heavy (non-hydrogen) atoms. The summed E-state index contributed by atoms with van der Waals surface area (Å²) in [6.07, 6.45) is 6.20. The molecule has 1 N–H and O–H groups in total. The molecule has 2 unspecified atom stereocenters. The largest absolute Gasteiger partial charge is 0.283 e. The Bertz CT molecular complexity index is 138. The second-order valence-corrected chi connectivity index (χ2v) is 5.79. The molecule has 2 atom stereocenters. The van der Waals surface area contributed by atoms with Crippen molar-refractivity contribution in [2.24, 2.45) is 0 Å². The summed E-state index contributed by atoms with van der Waals surface area (Å²) in [5, 5.41) is 7.73. The van der Waals surface area contributed by atoms with Crippen LogP contribution in [0, 0.1) is 5.16 Å². The summed E-state index contributed by atoms with van der Waals surface area (Å²) >= 11 is 0. The van der Waals surface area contributed by atoms with Crippen molar-refractivity contribution >= 4 is 17.1 Å². The molecule has 0 amide bonds. The fourth-order valence-electron chi connectivity index (χ4n) is 1.27. The number of rotatable bonds is 0. The Labute approximate surface area is 72.3 Å². The topological polar surface area (TPSA) is 27.1 Å². The summed E-state index contributed by atoms with van der Waals surface area (Å²) in [5.74, 6) is 0. The van der Waals surface area contributed by atoms with Gasteiger partial charge in [-0.2, -0.15) is 0 Å². The zero-order chi connectivity index (χ0) is 8.10. The van der Waals surface area contributed by atoms with Gasteiger partial charge in [-0.25, -0.2) is 0 Å². The maximum Gasteiger partial charge on any atom is 0.197 e. The van der Waals surface area contributed by atoms with Crippen LogP contribution in [0.2, 0.25) is 0 Å². The molecule has 0 aromatic heterocycles. The van der Waals surface area contributed by atoms with E-state index >= 15 is 0 Å². The average molecular weight is 191 g/mol. The second kappa shape index (κ2) is 5.19. The molecule has 1 saturated heterocycles. The second-order valence-electron chi connectivity index (χ2n) is 3.08. The van der Waals surface area contributed by atoms with Gasteiger partial charge in [0.1, 0.15) is 12.3 Å². The minimum absolute atomic E-state index is 0.384. The molecule has 1 heterocycles. The van der Waals surface area contributed by atoms with Gasteiger partial charge in [-0.3, -0.25) is 4.67 Å². The van der Waals surface area contributed by atoms with E-state index in [-0.39, 0.29) is 7.71 Å². The number of hydrogen-bond acceptors (Lipinski definition) is 2. The average Bonchev–Trinajstić information content (AvgIpc) is 2.06. The lowest BCUT2D eigenvalue weighted by Gasteiger charge is -2.11. The molecule has 1 rings (SSSR count). The van der Waals surface area contributed by atoms with Crippen molar-refractivity contribution in [3.8, 4) is 0 Å². The van der Waals surface area contributed by atoms with Crippen LogP contribution in [0.3, 0.4) is 0 Å². The molecule has 1 fully saturated rings. The smallest absolute Gasteiger partial charge is 0.197 e. The van der Waals surface area contributed by atoms with Gasteiger partial charge in [0, 0.05) is 13.1 Å². The first-order valence-corrected chi connectivity index (χ1v) is 6.48. The quantitative estimate of drug-likeness (QED) is 0.585. The summed E-state index contributed by atoms with van der Waals surface area (Å²) in [7, 11) is 2.38. The van der Waals surface area contributed by atoms with E-state index in [1.54, 1.807) is 0 Å². The van der Waals surface area contributed by atoms with Crippen LogP contribution >= 0.6 is 17.1 Å². The Kier molecular flexibility index (Phi) is 4.52. The summed E-state index contributed by atoms with van der Waals surface area (Å²) in [5.41, 5.74) is 0. The SMILES string of the molecule is N=[P+]1CCCCCN(P)CC1. The standard InChI is InChI=1S/C7H17N2P2/c8-11-6-3-1-2-4-9(10)5-7-11/h8H,1-7,10H2/q+1. The summed E-state index contributed by atoms with van der Waals surface area (Å²) in [4.78, 5) is 0. The summed E-state index contributed by atoms with van der Waals surface area (Å²) in [6, 6.07) is 0. The zero-order valence-corrected chi connectivity index (χ0v) is 8.97. The van der Waals surface area contributed by atoms with E-state index in [1.165, 1.54) is 32.0 Å². The first-order valence-electron chi connectivity index (χ1n) is 4.25. The van der Waals surface area contributed by atoms with Crippen molar-refractivity contribution in [3.63, 3.8) is 0 Å². The molecular weight excluding hydrogens is 174 g/mol. The first-order chi connectivity index (χ1) is 5.29. The molecule has 0 radical (unpaired) electrons. The monoisotopic (exact) mass is 191 g/mol. The third-order valence-electron chi connectivity index (χ3n) is 2.03. The van der Waals surface area contributed by atoms with E-state index in [2.05, 4.69) is 14.1 Å². The van der Waals surface area contributed by atoms with Crippen molar-refractivity contribution in [1.29, 1.82) is 5.16 Å². The summed E-state index contributed by atoms with van der Waals surface area (Å²) < 4.78 is 2.29. The van der Waals surface area contributed by atoms with Gasteiger partial charge in [0.15, 0.2) is 7.71 Å². The maximum absolute atomic E-state index is 7.73. The molecular formula is C7H17N2P2+. The molecule has 1 aliphatic heterocycles. The third kappa shape index (κ3) is 4.15.